The Morgan fingerprint density at radius 2 is 2.12 bits per heavy atom. The number of thiophene rings is 1. The molecule has 0 fully saturated rings. The third-order valence-electron chi connectivity index (χ3n) is 2.82. The first-order chi connectivity index (χ1) is 8.24. The van der Waals surface area contributed by atoms with Crippen LogP contribution in [0, 0.1) is 0 Å². The first kappa shape index (κ1) is 12.9. The predicted molar refractivity (Wildman–Crippen MR) is 75.5 cm³/mol. The number of hydrogen-bond acceptors (Lipinski definition) is 4. The van der Waals surface area contributed by atoms with Gasteiger partial charge in [0, 0.05) is 11.8 Å². The molecule has 2 aromatic rings. The number of aromatic nitrogens is 2. The van der Waals surface area contributed by atoms with Crippen LogP contribution in [0.25, 0.3) is 10.2 Å². The molecule has 0 aliphatic carbocycles. The summed E-state index contributed by atoms with van der Waals surface area (Å²) in [5.74, 6) is 1.71. The molecule has 1 N–H and O–H groups in total. The zero-order chi connectivity index (χ0) is 12.3. The van der Waals surface area contributed by atoms with Crippen molar-refractivity contribution in [3.8, 4) is 0 Å². The number of halogens is 2. The van der Waals surface area contributed by atoms with Crippen LogP contribution in [-0.2, 0) is 0 Å². The number of anilines is 1. The first-order valence-electron chi connectivity index (χ1n) is 5.33. The summed E-state index contributed by atoms with van der Waals surface area (Å²) in [6.07, 6.45) is 2.40. The van der Waals surface area contributed by atoms with Crippen molar-refractivity contribution in [2.45, 2.75) is 18.9 Å². The minimum absolute atomic E-state index is 0.311. The summed E-state index contributed by atoms with van der Waals surface area (Å²) in [5, 5.41) is 5.37. The zero-order valence-electron chi connectivity index (χ0n) is 9.41. The fourth-order valence-electron chi connectivity index (χ4n) is 1.51. The van der Waals surface area contributed by atoms with Gasteiger partial charge in [-0.3, -0.25) is 0 Å². The predicted octanol–water partition coefficient (Wildman–Crippen LogP) is 3.73. The Labute approximate surface area is 114 Å². The van der Waals surface area contributed by atoms with E-state index in [1.165, 1.54) is 0 Å². The van der Waals surface area contributed by atoms with Crippen molar-refractivity contribution in [1.82, 2.24) is 9.97 Å². The molecule has 2 heterocycles. The number of nitrogens with one attached hydrogen (secondary N) is 1. The highest BCUT2D eigenvalue weighted by Gasteiger charge is 2.27. The second-order valence-electron chi connectivity index (χ2n) is 3.88. The van der Waals surface area contributed by atoms with Gasteiger partial charge in [-0.2, -0.15) is 0 Å². The fraction of sp³-hybridized carbons (Fsp3) is 0.455. The maximum Gasteiger partial charge on any atom is 0.147 e. The van der Waals surface area contributed by atoms with Crippen molar-refractivity contribution in [1.29, 1.82) is 0 Å². The van der Waals surface area contributed by atoms with Crippen molar-refractivity contribution >= 4 is 50.6 Å². The molecule has 0 atom stereocenters. The van der Waals surface area contributed by atoms with Gasteiger partial charge in [-0.15, -0.1) is 34.5 Å². The fourth-order valence-corrected chi connectivity index (χ4v) is 3.10. The van der Waals surface area contributed by atoms with Crippen molar-refractivity contribution in [2.24, 2.45) is 0 Å². The lowest BCUT2D eigenvalue weighted by molar-refractivity contribution is 0.558. The summed E-state index contributed by atoms with van der Waals surface area (Å²) in [4.78, 5) is 8.48. The highest BCUT2D eigenvalue weighted by Crippen LogP contribution is 2.29. The van der Waals surface area contributed by atoms with Crippen LogP contribution in [-0.4, -0.2) is 27.3 Å². The molecule has 0 radical (unpaired) electrons. The summed E-state index contributed by atoms with van der Waals surface area (Å²) < 4.78 is 1.04. The van der Waals surface area contributed by atoms with E-state index < -0.39 is 0 Å². The summed E-state index contributed by atoms with van der Waals surface area (Å²) in [6.45, 7) is 2.06. The Morgan fingerprint density at radius 1 is 1.35 bits per heavy atom. The van der Waals surface area contributed by atoms with E-state index in [1.807, 2.05) is 11.4 Å². The normalized spacial score (nSPS) is 11.9. The Hall–Kier alpha value is -0.580. The maximum atomic E-state index is 6.01. The zero-order valence-corrected chi connectivity index (χ0v) is 11.7. The number of hydrogen-bond donors (Lipinski definition) is 1. The van der Waals surface area contributed by atoms with Crippen LogP contribution in [0.2, 0.25) is 0 Å². The third-order valence-corrected chi connectivity index (χ3v) is 4.75. The number of nitrogens with zero attached hydrogens (tertiary/aromatic N) is 2. The third kappa shape index (κ3) is 2.49. The summed E-state index contributed by atoms with van der Waals surface area (Å²) in [6, 6.07) is 1.97. The largest absolute Gasteiger partial charge is 0.361 e. The lowest BCUT2D eigenvalue weighted by Gasteiger charge is -2.30. The van der Waals surface area contributed by atoms with E-state index in [0.29, 0.717) is 11.8 Å². The van der Waals surface area contributed by atoms with Crippen molar-refractivity contribution in [3.63, 3.8) is 0 Å². The van der Waals surface area contributed by atoms with Crippen LogP contribution in [0.5, 0.6) is 0 Å². The van der Waals surface area contributed by atoms with Gasteiger partial charge in [0.2, 0.25) is 0 Å². The van der Waals surface area contributed by atoms with Crippen LogP contribution in [0.3, 0.4) is 0 Å². The number of alkyl halides is 2. The molecule has 92 valence electrons. The molecule has 0 bridgehead atoms. The second kappa shape index (κ2) is 5.38. The maximum absolute atomic E-state index is 6.01. The molecule has 17 heavy (non-hydrogen) atoms. The molecule has 0 unspecified atom stereocenters. The van der Waals surface area contributed by atoms with Crippen molar-refractivity contribution < 1.29 is 0 Å². The Morgan fingerprint density at radius 3 is 2.76 bits per heavy atom. The summed E-state index contributed by atoms with van der Waals surface area (Å²) >= 11 is 13.6. The minimum atomic E-state index is -0.311. The van der Waals surface area contributed by atoms with Gasteiger partial charge in [0.25, 0.3) is 0 Å². The topological polar surface area (TPSA) is 37.8 Å². The van der Waals surface area contributed by atoms with Gasteiger partial charge in [0.05, 0.1) is 15.8 Å². The molecule has 6 heteroatoms. The first-order valence-corrected chi connectivity index (χ1v) is 7.28. The van der Waals surface area contributed by atoms with Crippen molar-refractivity contribution in [2.75, 3.05) is 17.1 Å². The van der Waals surface area contributed by atoms with Gasteiger partial charge < -0.3 is 5.32 Å². The molecule has 0 amide bonds. The molecule has 0 saturated carbocycles. The van der Waals surface area contributed by atoms with Gasteiger partial charge in [0.15, 0.2) is 0 Å². The van der Waals surface area contributed by atoms with Gasteiger partial charge in [-0.1, -0.05) is 6.92 Å². The van der Waals surface area contributed by atoms with E-state index in [4.69, 9.17) is 23.2 Å². The van der Waals surface area contributed by atoms with E-state index in [9.17, 15) is 0 Å². The Kier molecular flexibility index (Phi) is 4.07. The molecule has 0 aromatic carbocycles. The number of rotatable bonds is 5. The molecular weight excluding hydrogens is 277 g/mol. The van der Waals surface area contributed by atoms with Crippen LogP contribution < -0.4 is 5.32 Å². The van der Waals surface area contributed by atoms with Gasteiger partial charge >= 0.3 is 0 Å². The molecule has 2 rings (SSSR count). The monoisotopic (exact) mass is 289 g/mol. The van der Waals surface area contributed by atoms with E-state index >= 15 is 0 Å². The minimum Gasteiger partial charge on any atom is -0.361 e. The van der Waals surface area contributed by atoms with Gasteiger partial charge in [-0.05, 0) is 17.9 Å². The average Bonchev–Trinajstić information content (AvgIpc) is 2.85. The van der Waals surface area contributed by atoms with Crippen LogP contribution >= 0.6 is 34.5 Å². The molecule has 2 aromatic heterocycles. The molecule has 0 spiro atoms. The lowest BCUT2D eigenvalue weighted by Crippen LogP contribution is -2.42. The smallest absolute Gasteiger partial charge is 0.147 e. The second-order valence-corrected chi connectivity index (χ2v) is 5.33. The van der Waals surface area contributed by atoms with Crippen LogP contribution in [0.4, 0.5) is 5.82 Å². The van der Waals surface area contributed by atoms with Gasteiger partial charge in [0.1, 0.15) is 12.1 Å². The van der Waals surface area contributed by atoms with Crippen LogP contribution in [0.15, 0.2) is 17.8 Å². The van der Waals surface area contributed by atoms with E-state index in [0.717, 1.165) is 22.5 Å². The average molecular weight is 290 g/mol. The number of fused-ring (bicyclic) bond motifs is 1. The molecule has 0 aliphatic rings. The highest BCUT2D eigenvalue weighted by molar-refractivity contribution is 7.17. The lowest BCUT2D eigenvalue weighted by atomic mass is 10.0. The summed E-state index contributed by atoms with van der Waals surface area (Å²) in [5.41, 5.74) is 0.635. The van der Waals surface area contributed by atoms with Gasteiger partial charge in [-0.25, -0.2) is 9.97 Å². The highest BCUT2D eigenvalue weighted by atomic mass is 35.5. The SMILES string of the molecule is CCC(CCl)(CCl)Nc1ncnc2ccsc12. The Balaban J connectivity index is 2.37. The summed E-state index contributed by atoms with van der Waals surface area (Å²) in [7, 11) is 0. The van der Waals surface area contributed by atoms with E-state index in [2.05, 4.69) is 22.2 Å². The molecule has 0 saturated heterocycles. The molecular formula is C11H13Cl2N3S. The molecule has 0 aliphatic heterocycles. The Bertz CT molecular complexity index is 488. The molecule has 3 nitrogen and oxygen atoms in total. The van der Waals surface area contributed by atoms with E-state index in [-0.39, 0.29) is 5.54 Å². The van der Waals surface area contributed by atoms with Crippen molar-refractivity contribution in [3.05, 3.63) is 17.8 Å². The quantitative estimate of drug-likeness (QED) is 0.853. The van der Waals surface area contributed by atoms with E-state index in [1.54, 1.807) is 17.7 Å². The standard InChI is InChI=1S/C11H13Cl2N3S/c1-2-11(5-12,6-13)16-10-9-8(3-4-17-9)14-7-15-10/h3-4,7H,2,5-6H2,1H3,(H,14,15,16). The van der Waals surface area contributed by atoms with Crippen LogP contribution in [0.1, 0.15) is 13.3 Å².